The van der Waals surface area contributed by atoms with E-state index in [0.717, 1.165) is 16.6 Å². The van der Waals surface area contributed by atoms with Gasteiger partial charge >= 0.3 is 0 Å². The van der Waals surface area contributed by atoms with Crippen molar-refractivity contribution in [3.8, 4) is 5.69 Å². The minimum Gasteiger partial charge on any atom is -0.392 e. The van der Waals surface area contributed by atoms with Crippen LogP contribution in [0, 0.1) is 11.6 Å². The van der Waals surface area contributed by atoms with Gasteiger partial charge in [-0.1, -0.05) is 12.1 Å². The summed E-state index contributed by atoms with van der Waals surface area (Å²) in [5, 5.41) is 13.0. The third-order valence-corrected chi connectivity index (χ3v) is 5.71. The first-order valence-electron chi connectivity index (χ1n) is 10.7. The topological polar surface area (TPSA) is 75.4 Å². The highest BCUT2D eigenvalue weighted by Crippen LogP contribution is 2.25. The van der Waals surface area contributed by atoms with Gasteiger partial charge in [0, 0.05) is 48.7 Å². The zero-order chi connectivity index (χ0) is 22.8. The van der Waals surface area contributed by atoms with Crippen LogP contribution in [-0.4, -0.2) is 50.8 Å². The van der Waals surface area contributed by atoms with Gasteiger partial charge in [0.1, 0.15) is 17.3 Å². The monoisotopic (exact) mass is 451 g/mol. The fraction of sp³-hybridized carbons (Fsp3) is 0.250. The molecule has 1 aliphatic heterocycles. The molecule has 2 aromatic carbocycles. The number of ether oxygens (including phenoxy) is 1. The number of hydrogen-bond donors (Lipinski definition) is 2. The van der Waals surface area contributed by atoms with E-state index in [-0.39, 0.29) is 18.7 Å². The third kappa shape index (κ3) is 4.56. The van der Waals surface area contributed by atoms with E-state index < -0.39 is 11.6 Å². The van der Waals surface area contributed by atoms with Crippen molar-refractivity contribution < 1.29 is 18.6 Å². The molecule has 9 heteroatoms. The molecular weight excluding hydrogens is 428 g/mol. The summed E-state index contributed by atoms with van der Waals surface area (Å²) in [7, 11) is 0. The highest BCUT2D eigenvalue weighted by molar-refractivity contribution is 5.78. The van der Waals surface area contributed by atoms with Gasteiger partial charge in [0.25, 0.3) is 0 Å². The lowest BCUT2D eigenvalue weighted by atomic mass is 10.1. The lowest BCUT2D eigenvalue weighted by Crippen LogP contribution is -2.36. The Kier molecular flexibility index (Phi) is 5.99. The summed E-state index contributed by atoms with van der Waals surface area (Å²) in [5.74, 6) is -0.825. The number of rotatable bonds is 6. The number of morpholine rings is 1. The van der Waals surface area contributed by atoms with Gasteiger partial charge in [-0.15, -0.1) is 0 Å². The van der Waals surface area contributed by atoms with E-state index >= 15 is 0 Å². The van der Waals surface area contributed by atoms with E-state index in [2.05, 4.69) is 15.3 Å². The number of aliphatic hydroxyl groups excluding tert-OH is 1. The van der Waals surface area contributed by atoms with Crippen molar-refractivity contribution in [1.82, 2.24) is 19.4 Å². The van der Waals surface area contributed by atoms with Gasteiger partial charge in [-0.3, -0.25) is 4.90 Å². The van der Waals surface area contributed by atoms with Gasteiger partial charge in [-0.25, -0.2) is 13.8 Å². The molecule has 0 saturated carbocycles. The van der Waals surface area contributed by atoms with Gasteiger partial charge in [0.05, 0.1) is 25.5 Å². The molecule has 0 radical (unpaired) electrons. The van der Waals surface area contributed by atoms with Crippen LogP contribution in [0.5, 0.6) is 0 Å². The first kappa shape index (κ1) is 21.4. The molecule has 1 fully saturated rings. The number of nitrogens with one attached hydrogen (secondary N) is 1. The summed E-state index contributed by atoms with van der Waals surface area (Å²) in [4.78, 5) is 10.8. The number of anilines is 2. The van der Waals surface area contributed by atoms with Crippen molar-refractivity contribution in [3.63, 3.8) is 0 Å². The zero-order valence-electron chi connectivity index (χ0n) is 17.8. The maximum atomic E-state index is 14.9. The van der Waals surface area contributed by atoms with Crippen molar-refractivity contribution in [2.45, 2.75) is 13.2 Å². The number of aliphatic hydroxyl groups is 1. The van der Waals surface area contributed by atoms with Crippen molar-refractivity contribution in [2.75, 3.05) is 31.6 Å². The van der Waals surface area contributed by atoms with Crippen LogP contribution in [0.1, 0.15) is 11.1 Å². The Labute approximate surface area is 189 Å². The Morgan fingerprint density at radius 2 is 1.76 bits per heavy atom. The quantitative estimate of drug-likeness (QED) is 0.465. The summed E-state index contributed by atoms with van der Waals surface area (Å²) in [6.45, 7) is 2.61. The molecule has 0 unspecified atom stereocenters. The highest BCUT2D eigenvalue weighted by Gasteiger charge is 2.18. The van der Waals surface area contributed by atoms with Crippen molar-refractivity contribution in [2.24, 2.45) is 0 Å². The largest absolute Gasteiger partial charge is 0.392 e. The molecule has 5 rings (SSSR count). The second-order valence-electron chi connectivity index (χ2n) is 7.91. The highest BCUT2D eigenvalue weighted by atomic mass is 19.1. The molecule has 0 bridgehead atoms. The number of hydrogen-bond acceptors (Lipinski definition) is 6. The molecule has 3 heterocycles. The van der Waals surface area contributed by atoms with Crippen LogP contribution < -0.4 is 5.32 Å². The predicted molar refractivity (Wildman–Crippen MR) is 121 cm³/mol. The molecule has 1 aliphatic rings. The van der Waals surface area contributed by atoms with E-state index in [9.17, 15) is 13.9 Å². The Bertz CT molecular complexity index is 1250. The van der Waals surface area contributed by atoms with Gasteiger partial charge in [-0.2, -0.15) is 4.98 Å². The van der Waals surface area contributed by atoms with Gasteiger partial charge < -0.3 is 19.7 Å². The third-order valence-electron chi connectivity index (χ3n) is 5.71. The second kappa shape index (κ2) is 9.22. The minimum absolute atomic E-state index is 0.0331. The standard InChI is InChI=1S/C24H23F2N5O2/c25-21-11-19(12-22(26)20(21)14-30-7-9-33-10-8-30)31-6-5-17-13-27-24(29-23(17)31)28-18-3-1-16(15-32)2-4-18/h1-6,11-13,32H,7-10,14-15H2,(H,27,28,29). The van der Waals surface area contributed by atoms with Crippen LogP contribution in [0.15, 0.2) is 54.9 Å². The predicted octanol–water partition coefficient (Wildman–Crippen LogP) is 3.77. The molecule has 0 atom stereocenters. The normalized spacial score (nSPS) is 14.6. The van der Waals surface area contributed by atoms with E-state index in [4.69, 9.17) is 4.74 Å². The summed E-state index contributed by atoms with van der Waals surface area (Å²) in [6, 6.07) is 11.7. The fourth-order valence-electron chi connectivity index (χ4n) is 3.87. The smallest absolute Gasteiger partial charge is 0.229 e. The molecule has 2 N–H and O–H groups in total. The zero-order valence-corrected chi connectivity index (χ0v) is 17.8. The lowest BCUT2D eigenvalue weighted by Gasteiger charge is -2.27. The molecule has 0 amide bonds. The van der Waals surface area contributed by atoms with Gasteiger partial charge in [-0.05, 0) is 35.9 Å². The van der Waals surface area contributed by atoms with Gasteiger partial charge in [0.15, 0.2) is 0 Å². The first-order valence-corrected chi connectivity index (χ1v) is 10.7. The summed E-state index contributed by atoms with van der Waals surface area (Å²) in [5.41, 5.74) is 2.49. The van der Waals surface area contributed by atoms with Crippen molar-refractivity contribution in [3.05, 3.63) is 77.6 Å². The first-order chi connectivity index (χ1) is 16.1. The summed E-state index contributed by atoms with van der Waals surface area (Å²) >= 11 is 0. The van der Waals surface area contributed by atoms with Crippen LogP contribution in [0.25, 0.3) is 16.7 Å². The van der Waals surface area contributed by atoms with E-state index in [1.165, 1.54) is 12.1 Å². The number of benzene rings is 2. The number of nitrogens with zero attached hydrogens (tertiary/aromatic N) is 4. The maximum absolute atomic E-state index is 14.9. The molecular formula is C24H23F2N5O2. The average Bonchev–Trinajstić information content (AvgIpc) is 3.26. The van der Waals surface area contributed by atoms with E-state index in [1.54, 1.807) is 35.2 Å². The average molecular weight is 451 g/mol. The number of fused-ring (bicyclic) bond motifs is 1. The number of halogens is 2. The Balaban J connectivity index is 1.43. The molecule has 33 heavy (non-hydrogen) atoms. The van der Waals surface area contributed by atoms with Crippen LogP contribution >= 0.6 is 0 Å². The van der Waals surface area contributed by atoms with Crippen molar-refractivity contribution in [1.29, 1.82) is 0 Å². The molecule has 7 nitrogen and oxygen atoms in total. The molecule has 2 aromatic heterocycles. The molecule has 0 spiro atoms. The summed E-state index contributed by atoms with van der Waals surface area (Å²) < 4.78 is 36.8. The molecule has 4 aromatic rings. The molecule has 170 valence electrons. The SMILES string of the molecule is OCc1ccc(Nc2ncc3ccn(-c4cc(F)c(CN5CCOCC5)c(F)c4)c3n2)cc1. The summed E-state index contributed by atoms with van der Waals surface area (Å²) in [6.07, 6.45) is 3.37. The van der Waals surface area contributed by atoms with Gasteiger partial charge in [0.2, 0.25) is 5.95 Å². The van der Waals surface area contributed by atoms with Crippen molar-refractivity contribution >= 4 is 22.7 Å². The fourth-order valence-corrected chi connectivity index (χ4v) is 3.87. The van der Waals surface area contributed by atoms with Crippen LogP contribution in [0.3, 0.4) is 0 Å². The lowest BCUT2D eigenvalue weighted by molar-refractivity contribution is 0.0332. The molecule has 0 aliphatic carbocycles. The van der Waals surface area contributed by atoms with Crippen LogP contribution in [0.2, 0.25) is 0 Å². The van der Waals surface area contributed by atoms with Crippen LogP contribution in [0.4, 0.5) is 20.4 Å². The second-order valence-corrected chi connectivity index (χ2v) is 7.91. The van der Waals surface area contributed by atoms with Crippen LogP contribution in [-0.2, 0) is 17.9 Å². The number of aromatic nitrogens is 3. The Morgan fingerprint density at radius 1 is 1.03 bits per heavy atom. The molecule has 1 saturated heterocycles. The minimum atomic E-state index is -0.588. The van der Waals surface area contributed by atoms with E-state index in [1.807, 2.05) is 17.0 Å². The maximum Gasteiger partial charge on any atom is 0.229 e. The Morgan fingerprint density at radius 3 is 2.45 bits per heavy atom. The Hall–Kier alpha value is -3.40. The van der Waals surface area contributed by atoms with E-state index in [0.29, 0.717) is 43.6 Å².